The molecule has 0 aromatic heterocycles. The van der Waals surface area contributed by atoms with Crippen LogP contribution in [0, 0.1) is 5.92 Å². The maximum atomic E-state index is 10.9. The molecule has 1 amide bonds. The number of hydrogen-bond donors (Lipinski definition) is 2. The molecule has 0 aromatic carbocycles. The van der Waals surface area contributed by atoms with Gasteiger partial charge in [0.1, 0.15) is 0 Å². The molecule has 0 bridgehead atoms. The maximum Gasteiger partial charge on any atom is 0.248 e. The highest BCUT2D eigenvalue weighted by Gasteiger charge is 2.34. The molecule has 13 heavy (non-hydrogen) atoms. The molecule has 4 N–H and O–H groups in total. The van der Waals surface area contributed by atoms with Crippen molar-refractivity contribution in [3.63, 3.8) is 0 Å². The Morgan fingerprint density at radius 3 is 2.46 bits per heavy atom. The highest BCUT2D eigenvalue weighted by atomic mass is 79.9. The van der Waals surface area contributed by atoms with E-state index in [1.54, 1.807) is 0 Å². The zero-order valence-corrected chi connectivity index (χ0v) is 9.93. The number of carbonyl (C=O) groups excluding carboxylic acids is 1. The second-order valence-electron chi connectivity index (χ2n) is 3.53. The second kappa shape index (κ2) is 5.60. The van der Waals surface area contributed by atoms with Crippen molar-refractivity contribution < 1.29 is 4.79 Å². The third kappa shape index (κ3) is 4.09. The van der Waals surface area contributed by atoms with Gasteiger partial charge < -0.3 is 11.5 Å². The molecule has 78 valence electrons. The molecule has 2 unspecified atom stereocenters. The first-order valence-corrected chi connectivity index (χ1v) is 5.49. The maximum absolute atomic E-state index is 10.9. The zero-order chi connectivity index (χ0) is 10.5. The van der Waals surface area contributed by atoms with Crippen molar-refractivity contribution in [1.82, 2.24) is 0 Å². The van der Waals surface area contributed by atoms with E-state index in [0.717, 1.165) is 12.8 Å². The Labute approximate surface area is 88.4 Å². The van der Waals surface area contributed by atoms with Gasteiger partial charge in [-0.1, -0.05) is 49.0 Å². The van der Waals surface area contributed by atoms with Crippen molar-refractivity contribution in [2.75, 3.05) is 0 Å². The van der Waals surface area contributed by atoms with Crippen LogP contribution in [0.2, 0.25) is 0 Å². The summed E-state index contributed by atoms with van der Waals surface area (Å²) < 4.78 is -1.04. The van der Waals surface area contributed by atoms with Gasteiger partial charge in [0.2, 0.25) is 5.91 Å². The predicted octanol–water partition coefficient (Wildman–Crippen LogP) is 1.74. The van der Waals surface area contributed by atoms with Crippen molar-refractivity contribution in [2.24, 2.45) is 17.4 Å². The minimum atomic E-state index is -1.04. The lowest BCUT2D eigenvalue weighted by Gasteiger charge is -2.25. The smallest absolute Gasteiger partial charge is 0.248 e. The Morgan fingerprint density at radius 2 is 2.08 bits per heavy atom. The van der Waals surface area contributed by atoms with Crippen molar-refractivity contribution >= 4 is 21.8 Å². The van der Waals surface area contributed by atoms with Crippen LogP contribution < -0.4 is 11.5 Å². The fraction of sp³-hybridized carbons (Fsp3) is 0.889. The third-order valence-corrected chi connectivity index (χ3v) is 3.51. The van der Waals surface area contributed by atoms with Crippen LogP contribution >= 0.6 is 15.9 Å². The quantitative estimate of drug-likeness (QED) is 0.429. The number of nitrogens with two attached hydrogens (primary N) is 2. The van der Waals surface area contributed by atoms with Crippen molar-refractivity contribution in [3.8, 4) is 0 Å². The van der Waals surface area contributed by atoms with Crippen LogP contribution in [-0.4, -0.2) is 10.4 Å². The molecule has 0 heterocycles. The molecule has 0 saturated heterocycles. The summed E-state index contributed by atoms with van der Waals surface area (Å²) in [6.45, 7) is 4.08. The van der Waals surface area contributed by atoms with Gasteiger partial charge in [0, 0.05) is 0 Å². The second-order valence-corrected chi connectivity index (χ2v) is 4.84. The molecule has 0 saturated carbocycles. The topological polar surface area (TPSA) is 69.1 Å². The predicted molar refractivity (Wildman–Crippen MR) is 58.3 cm³/mol. The normalized spacial score (nSPS) is 17.8. The summed E-state index contributed by atoms with van der Waals surface area (Å²) in [6.07, 6.45) is 4.36. The molecule has 0 aliphatic rings. The van der Waals surface area contributed by atoms with Gasteiger partial charge in [0.05, 0.1) is 0 Å². The summed E-state index contributed by atoms with van der Waals surface area (Å²) >= 11 is 3.17. The molecule has 0 radical (unpaired) electrons. The van der Waals surface area contributed by atoms with Gasteiger partial charge >= 0.3 is 0 Å². The molecular weight excluding hydrogens is 232 g/mol. The Morgan fingerprint density at radius 1 is 1.54 bits per heavy atom. The molecule has 0 aromatic rings. The van der Waals surface area contributed by atoms with E-state index >= 15 is 0 Å². The first-order valence-electron chi connectivity index (χ1n) is 4.70. The van der Waals surface area contributed by atoms with Crippen LogP contribution in [-0.2, 0) is 4.79 Å². The standard InChI is InChI=1S/C9H19BrN2O/c1-3-4-5-6-7(2)9(10,12)8(11)13/h7H,3-6,12H2,1-2H3,(H2,11,13). The Kier molecular flexibility index (Phi) is 5.56. The van der Waals surface area contributed by atoms with Gasteiger partial charge in [-0.2, -0.15) is 0 Å². The number of carbonyl (C=O) groups is 1. The zero-order valence-electron chi connectivity index (χ0n) is 8.35. The molecular formula is C9H19BrN2O. The van der Waals surface area contributed by atoms with E-state index in [1.807, 2.05) is 6.92 Å². The molecule has 0 fully saturated rings. The van der Waals surface area contributed by atoms with Gasteiger partial charge in [-0.15, -0.1) is 0 Å². The number of unbranched alkanes of at least 4 members (excludes halogenated alkanes) is 2. The first-order chi connectivity index (χ1) is 5.92. The molecule has 3 nitrogen and oxygen atoms in total. The lowest BCUT2D eigenvalue weighted by molar-refractivity contribution is -0.121. The van der Waals surface area contributed by atoms with Crippen LogP contribution in [0.5, 0.6) is 0 Å². The number of primary amides is 1. The monoisotopic (exact) mass is 250 g/mol. The van der Waals surface area contributed by atoms with E-state index in [2.05, 4.69) is 22.9 Å². The van der Waals surface area contributed by atoms with Crippen molar-refractivity contribution in [1.29, 1.82) is 0 Å². The lowest BCUT2D eigenvalue weighted by Crippen LogP contribution is -2.51. The highest BCUT2D eigenvalue weighted by molar-refractivity contribution is 9.10. The number of hydrogen-bond acceptors (Lipinski definition) is 2. The summed E-state index contributed by atoms with van der Waals surface area (Å²) in [5, 5.41) is 0. The van der Waals surface area contributed by atoms with E-state index in [9.17, 15) is 4.79 Å². The van der Waals surface area contributed by atoms with E-state index in [1.165, 1.54) is 12.8 Å². The van der Waals surface area contributed by atoms with Gasteiger partial charge in [-0.25, -0.2) is 0 Å². The minimum Gasteiger partial charge on any atom is -0.367 e. The van der Waals surface area contributed by atoms with E-state index < -0.39 is 10.4 Å². The van der Waals surface area contributed by atoms with Gasteiger partial charge in [0.15, 0.2) is 4.45 Å². The number of amides is 1. The fourth-order valence-corrected chi connectivity index (χ4v) is 1.38. The molecule has 4 heteroatoms. The highest BCUT2D eigenvalue weighted by Crippen LogP contribution is 2.26. The Hall–Kier alpha value is -0.0900. The van der Waals surface area contributed by atoms with Crippen LogP contribution in [0.25, 0.3) is 0 Å². The molecule has 0 rings (SSSR count). The Bertz CT molecular complexity index is 171. The van der Waals surface area contributed by atoms with Crippen LogP contribution in [0.15, 0.2) is 0 Å². The van der Waals surface area contributed by atoms with Gasteiger partial charge in [-0.3, -0.25) is 4.79 Å². The number of halogens is 1. The summed E-state index contributed by atoms with van der Waals surface area (Å²) in [7, 11) is 0. The SMILES string of the molecule is CCCCCC(C)C(N)(Br)C(N)=O. The fourth-order valence-electron chi connectivity index (χ4n) is 1.15. The summed E-state index contributed by atoms with van der Waals surface area (Å²) in [6, 6.07) is 0. The van der Waals surface area contributed by atoms with Crippen LogP contribution in [0.1, 0.15) is 39.5 Å². The summed E-state index contributed by atoms with van der Waals surface area (Å²) in [5.74, 6) is -0.409. The molecule has 0 aliphatic carbocycles. The van der Waals surface area contributed by atoms with Crippen molar-refractivity contribution in [2.45, 2.75) is 44.0 Å². The van der Waals surface area contributed by atoms with E-state index in [0.29, 0.717) is 0 Å². The van der Waals surface area contributed by atoms with Crippen LogP contribution in [0.4, 0.5) is 0 Å². The largest absolute Gasteiger partial charge is 0.367 e. The van der Waals surface area contributed by atoms with E-state index in [4.69, 9.17) is 11.5 Å². The minimum absolute atomic E-state index is 0.0801. The lowest BCUT2D eigenvalue weighted by atomic mass is 9.95. The molecule has 0 aliphatic heterocycles. The average molecular weight is 251 g/mol. The van der Waals surface area contributed by atoms with E-state index in [-0.39, 0.29) is 5.92 Å². The average Bonchev–Trinajstić information content (AvgIpc) is 2.04. The molecule has 2 atom stereocenters. The number of rotatable bonds is 6. The van der Waals surface area contributed by atoms with Crippen LogP contribution in [0.3, 0.4) is 0 Å². The third-order valence-electron chi connectivity index (χ3n) is 2.34. The van der Waals surface area contributed by atoms with Gasteiger partial charge in [0.25, 0.3) is 0 Å². The Balaban J connectivity index is 3.94. The number of alkyl halides is 1. The molecule has 0 spiro atoms. The van der Waals surface area contributed by atoms with Crippen molar-refractivity contribution in [3.05, 3.63) is 0 Å². The summed E-state index contributed by atoms with van der Waals surface area (Å²) in [5.41, 5.74) is 10.9. The summed E-state index contributed by atoms with van der Waals surface area (Å²) in [4.78, 5) is 10.9. The first kappa shape index (κ1) is 12.9. The van der Waals surface area contributed by atoms with Gasteiger partial charge in [-0.05, 0) is 12.3 Å².